The molecular weight excluding hydrogens is 338 g/mol. The van der Waals surface area contributed by atoms with E-state index in [4.69, 9.17) is 4.42 Å². The van der Waals surface area contributed by atoms with Crippen molar-refractivity contribution in [3.8, 4) is 0 Å². The summed E-state index contributed by atoms with van der Waals surface area (Å²) in [7, 11) is 1.55. The topological polar surface area (TPSA) is 114 Å². The summed E-state index contributed by atoms with van der Waals surface area (Å²) in [6.45, 7) is 0. The first kappa shape index (κ1) is 15.8. The van der Waals surface area contributed by atoms with E-state index in [-0.39, 0.29) is 17.3 Å². The van der Waals surface area contributed by atoms with Gasteiger partial charge in [-0.1, -0.05) is 35.4 Å². The highest BCUT2D eigenvalue weighted by atomic mass is 16.3. The molecule has 26 heavy (non-hydrogen) atoms. The van der Waals surface area contributed by atoms with Crippen LogP contribution in [-0.4, -0.2) is 37.0 Å². The number of aliphatic hydroxyl groups is 1. The fourth-order valence-corrected chi connectivity index (χ4v) is 2.91. The number of amides is 1. The number of aliphatic hydroxyl groups excluding tert-OH is 1. The molecule has 1 amide bonds. The summed E-state index contributed by atoms with van der Waals surface area (Å²) in [5.74, 6) is -2.01. The van der Waals surface area contributed by atoms with Gasteiger partial charge in [0, 0.05) is 0 Å². The molecule has 0 bridgehead atoms. The fourth-order valence-electron chi connectivity index (χ4n) is 2.91. The van der Waals surface area contributed by atoms with Crippen LogP contribution in [0.15, 0.2) is 64.5 Å². The van der Waals surface area contributed by atoms with Crippen molar-refractivity contribution in [2.75, 3.05) is 4.90 Å². The molecule has 1 atom stereocenters. The molecule has 9 nitrogen and oxygen atoms in total. The van der Waals surface area contributed by atoms with Crippen LogP contribution in [0.3, 0.4) is 0 Å². The normalized spacial score (nSPS) is 17.2. The molecule has 4 rings (SSSR count). The largest absolute Gasteiger partial charge is 0.503 e. The Morgan fingerprint density at radius 2 is 1.96 bits per heavy atom. The van der Waals surface area contributed by atoms with Crippen molar-refractivity contribution in [2.45, 2.75) is 6.04 Å². The highest BCUT2D eigenvalue weighted by Gasteiger charge is 2.46. The first-order valence-electron chi connectivity index (χ1n) is 7.71. The molecule has 3 aromatic rings. The predicted octanol–water partition coefficient (Wildman–Crippen LogP) is 1.59. The second kappa shape index (κ2) is 5.96. The van der Waals surface area contributed by atoms with Crippen LogP contribution in [0.4, 0.5) is 5.95 Å². The zero-order valence-corrected chi connectivity index (χ0v) is 13.6. The first-order valence-corrected chi connectivity index (χ1v) is 7.71. The van der Waals surface area contributed by atoms with Gasteiger partial charge in [0.15, 0.2) is 11.5 Å². The Morgan fingerprint density at radius 3 is 2.58 bits per heavy atom. The Bertz CT molecular complexity index is 1010. The number of carbonyl (C=O) groups is 2. The number of carbonyl (C=O) groups excluding carboxylic acids is 2. The maximum Gasteiger partial charge on any atom is 0.296 e. The van der Waals surface area contributed by atoms with Gasteiger partial charge in [0.1, 0.15) is 0 Å². The minimum absolute atomic E-state index is 0.0138. The second-order valence-electron chi connectivity index (χ2n) is 5.64. The van der Waals surface area contributed by atoms with Crippen LogP contribution in [0, 0.1) is 0 Å². The molecule has 2 aromatic heterocycles. The van der Waals surface area contributed by atoms with E-state index in [1.54, 1.807) is 37.4 Å². The minimum Gasteiger partial charge on any atom is -0.503 e. The Balaban J connectivity index is 1.88. The predicted molar refractivity (Wildman–Crippen MR) is 88.2 cm³/mol. The van der Waals surface area contributed by atoms with Gasteiger partial charge in [-0.3, -0.25) is 14.5 Å². The van der Waals surface area contributed by atoms with E-state index in [0.29, 0.717) is 5.56 Å². The highest BCUT2D eigenvalue weighted by molar-refractivity contribution is 6.19. The van der Waals surface area contributed by atoms with E-state index in [1.165, 1.54) is 17.1 Å². The molecule has 1 aliphatic heterocycles. The molecule has 3 heterocycles. The summed E-state index contributed by atoms with van der Waals surface area (Å²) < 4.78 is 5.15. The number of benzene rings is 1. The lowest BCUT2D eigenvalue weighted by Gasteiger charge is -2.23. The van der Waals surface area contributed by atoms with E-state index >= 15 is 0 Å². The standard InChI is InChI=1S/C17H13N5O4/c1-21-19-17(18-20-21)22-13(10-6-3-2-4-7-10)12(15(24)16(22)25)14(23)11-8-5-9-26-11/h2-9,13,24H,1H3/t13-/m0/s1. The van der Waals surface area contributed by atoms with E-state index in [9.17, 15) is 14.7 Å². The van der Waals surface area contributed by atoms with Crippen molar-refractivity contribution >= 4 is 17.6 Å². The molecule has 0 radical (unpaired) electrons. The fraction of sp³-hybridized carbons (Fsp3) is 0.118. The lowest BCUT2D eigenvalue weighted by molar-refractivity contribution is -0.117. The van der Waals surface area contributed by atoms with Crippen LogP contribution in [0.2, 0.25) is 0 Å². The zero-order chi connectivity index (χ0) is 18.3. The third-order valence-electron chi connectivity index (χ3n) is 4.03. The lowest BCUT2D eigenvalue weighted by atomic mass is 9.95. The van der Waals surface area contributed by atoms with Gasteiger partial charge in [-0.05, 0) is 22.9 Å². The second-order valence-corrected chi connectivity index (χ2v) is 5.64. The summed E-state index contributed by atoms with van der Waals surface area (Å²) >= 11 is 0. The number of Topliss-reactive ketones (excluding diaryl/α,β-unsaturated/α-hetero) is 1. The van der Waals surface area contributed by atoms with Crippen molar-refractivity contribution in [1.29, 1.82) is 0 Å². The molecule has 0 saturated heterocycles. The molecule has 1 aliphatic rings. The van der Waals surface area contributed by atoms with Crippen molar-refractivity contribution < 1.29 is 19.1 Å². The van der Waals surface area contributed by atoms with Gasteiger partial charge in [0.25, 0.3) is 11.9 Å². The Morgan fingerprint density at radius 1 is 1.19 bits per heavy atom. The minimum atomic E-state index is -0.898. The van der Waals surface area contributed by atoms with E-state index in [2.05, 4.69) is 15.4 Å². The van der Waals surface area contributed by atoms with Crippen molar-refractivity contribution in [3.05, 3.63) is 71.4 Å². The zero-order valence-electron chi connectivity index (χ0n) is 13.6. The average molecular weight is 351 g/mol. The van der Waals surface area contributed by atoms with Gasteiger partial charge in [0.2, 0.25) is 5.78 Å². The molecule has 0 saturated carbocycles. The van der Waals surface area contributed by atoms with E-state index < -0.39 is 23.5 Å². The van der Waals surface area contributed by atoms with Crippen molar-refractivity contribution in [2.24, 2.45) is 7.05 Å². The third kappa shape index (κ3) is 2.37. The number of aryl methyl sites for hydroxylation is 1. The number of ketones is 1. The van der Waals surface area contributed by atoms with Crippen molar-refractivity contribution in [1.82, 2.24) is 20.2 Å². The quantitative estimate of drug-likeness (QED) is 0.710. The van der Waals surface area contributed by atoms with Gasteiger partial charge in [-0.2, -0.15) is 4.80 Å². The molecule has 1 N–H and O–H groups in total. The number of aromatic nitrogens is 4. The van der Waals surface area contributed by atoms with Gasteiger partial charge < -0.3 is 9.52 Å². The average Bonchev–Trinajstić information content (AvgIpc) is 3.37. The maximum absolute atomic E-state index is 12.9. The monoisotopic (exact) mass is 351 g/mol. The summed E-state index contributed by atoms with van der Waals surface area (Å²) in [5.41, 5.74) is 0.524. The summed E-state index contributed by atoms with van der Waals surface area (Å²) in [6.07, 6.45) is 1.35. The molecule has 9 heteroatoms. The van der Waals surface area contributed by atoms with Gasteiger partial charge in [0.05, 0.1) is 24.9 Å². The molecule has 0 unspecified atom stereocenters. The number of hydrogen-bond acceptors (Lipinski definition) is 7. The number of rotatable bonds is 4. The molecule has 0 spiro atoms. The van der Waals surface area contributed by atoms with E-state index in [0.717, 1.165) is 4.90 Å². The van der Waals surface area contributed by atoms with Crippen LogP contribution < -0.4 is 4.90 Å². The Kier molecular flexibility index (Phi) is 3.61. The number of tetrazole rings is 1. The van der Waals surface area contributed by atoms with Gasteiger partial charge in [-0.15, -0.1) is 5.10 Å². The van der Waals surface area contributed by atoms with Crippen LogP contribution in [0.5, 0.6) is 0 Å². The highest BCUT2D eigenvalue weighted by Crippen LogP contribution is 2.40. The van der Waals surface area contributed by atoms with Gasteiger partial charge in [-0.25, -0.2) is 0 Å². The molecule has 130 valence electrons. The number of nitrogens with zero attached hydrogens (tertiary/aromatic N) is 5. The molecule has 1 aromatic carbocycles. The van der Waals surface area contributed by atoms with Crippen LogP contribution in [-0.2, 0) is 11.8 Å². The smallest absolute Gasteiger partial charge is 0.296 e. The lowest BCUT2D eigenvalue weighted by Crippen LogP contribution is -2.32. The Hall–Kier alpha value is -3.75. The number of furan rings is 1. The maximum atomic E-state index is 12.9. The Labute approximate surface area is 147 Å². The number of anilines is 1. The van der Waals surface area contributed by atoms with Gasteiger partial charge >= 0.3 is 0 Å². The summed E-state index contributed by atoms with van der Waals surface area (Å²) in [6, 6.07) is 11.0. The molecule has 0 fully saturated rings. The van der Waals surface area contributed by atoms with Crippen molar-refractivity contribution in [3.63, 3.8) is 0 Å². The van der Waals surface area contributed by atoms with E-state index in [1.807, 2.05) is 6.07 Å². The number of hydrogen-bond donors (Lipinski definition) is 1. The first-order chi connectivity index (χ1) is 12.6. The SMILES string of the molecule is Cn1nnc(N2C(=O)C(O)=C(C(=O)c3ccco3)[C@@H]2c2ccccc2)n1. The molecule has 0 aliphatic carbocycles. The summed E-state index contributed by atoms with van der Waals surface area (Å²) in [5, 5.41) is 22.1. The summed E-state index contributed by atoms with van der Waals surface area (Å²) in [4.78, 5) is 27.9. The van der Waals surface area contributed by atoms with Crippen LogP contribution >= 0.6 is 0 Å². The third-order valence-corrected chi connectivity index (χ3v) is 4.03. The van der Waals surface area contributed by atoms with Crippen LogP contribution in [0.25, 0.3) is 0 Å². The molecular formula is C17H13N5O4. The van der Waals surface area contributed by atoms with Crippen LogP contribution in [0.1, 0.15) is 22.2 Å².